The summed E-state index contributed by atoms with van der Waals surface area (Å²) in [5.74, 6) is 0.649. The molecule has 2 aromatic carbocycles. The molecule has 2 heterocycles. The van der Waals surface area contributed by atoms with E-state index in [9.17, 15) is 9.90 Å². The fraction of sp³-hybridized carbons (Fsp3) is 0.238. The van der Waals surface area contributed by atoms with Gasteiger partial charge in [-0.3, -0.25) is 4.79 Å². The molecule has 0 radical (unpaired) electrons. The van der Waals surface area contributed by atoms with E-state index in [-0.39, 0.29) is 46.5 Å². The maximum atomic E-state index is 13.7. The number of benzene rings is 2. The van der Waals surface area contributed by atoms with E-state index in [4.69, 9.17) is 29.1 Å². The van der Waals surface area contributed by atoms with Crippen LogP contribution in [-0.4, -0.2) is 59.5 Å². The summed E-state index contributed by atoms with van der Waals surface area (Å²) >= 11 is 0. The number of ether oxygens (including phenoxy) is 4. The van der Waals surface area contributed by atoms with Gasteiger partial charge in [0.2, 0.25) is 11.5 Å². The van der Waals surface area contributed by atoms with Crippen LogP contribution in [0.5, 0.6) is 28.7 Å². The minimum absolute atomic E-state index is 0.0341. The van der Waals surface area contributed by atoms with Crippen molar-refractivity contribution in [3.8, 4) is 28.7 Å². The van der Waals surface area contributed by atoms with Crippen LogP contribution in [0.3, 0.4) is 0 Å². The van der Waals surface area contributed by atoms with Crippen molar-refractivity contribution in [2.45, 2.75) is 6.54 Å². The number of tetrazole rings is 1. The van der Waals surface area contributed by atoms with Crippen molar-refractivity contribution in [2.24, 2.45) is 0 Å². The number of furan rings is 1. The third kappa shape index (κ3) is 3.71. The second-order valence-electron chi connectivity index (χ2n) is 6.81. The first-order valence-corrected chi connectivity index (χ1v) is 9.61. The Kier molecular flexibility index (Phi) is 5.65. The van der Waals surface area contributed by atoms with Gasteiger partial charge in [0, 0.05) is 10.9 Å². The van der Waals surface area contributed by atoms with Crippen molar-refractivity contribution in [1.29, 1.82) is 0 Å². The largest absolute Gasteiger partial charge is 0.502 e. The molecular weight excluding hydrogens is 434 g/mol. The highest BCUT2D eigenvalue weighted by Crippen LogP contribution is 2.42. The summed E-state index contributed by atoms with van der Waals surface area (Å²) in [6.07, 6.45) is 0. The first-order valence-electron chi connectivity index (χ1n) is 9.61. The Morgan fingerprint density at radius 1 is 1.06 bits per heavy atom. The zero-order chi connectivity index (χ0) is 23.7. The van der Waals surface area contributed by atoms with Gasteiger partial charge >= 0.3 is 0 Å². The number of methoxy groups -OCH3 is 4. The van der Waals surface area contributed by atoms with E-state index in [0.29, 0.717) is 22.6 Å². The van der Waals surface area contributed by atoms with Crippen molar-refractivity contribution in [1.82, 2.24) is 20.2 Å². The summed E-state index contributed by atoms with van der Waals surface area (Å²) in [6, 6.07) is 6.21. The van der Waals surface area contributed by atoms with Gasteiger partial charge in [0.15, 0.2) is 28.6 Å². The first kappa shape index (κ1) is 21.7. The minimum Gasteiger partial charge on any atom is -0.502 e. The number of hydrogen-bond donors (Lipinski definition) is 2. The number of anilines is 1. The topological polar surface area (TPSA) is 157 Å². The van der Waals surface area contributed by atoms with E-state index in [1.807, 2.05) is 0 Å². The lowest BCUT2D eigenvalue weighted by molar-refractivity contribution is 0.103. The van der Waals surface area contributed by atoms with E-state index < -0.39 is 5.78 Å². The van der Waals surface area contributed by atoms with Crippen LogP contribution in [0.1, 0.15) is 21.7 Å². The summed E-state index contributed by atoms with van der Waals surface area (Å²) in [7, 11) is 5.79. The molecule has 0 atom stereocenters. The molecule has 2 aromatic heterocycles. The summed E-state index contributed by atoms with van der Waals surface area (Å²) in [5.41, 5.74) is 6.06. The molecule has 3 N–H and O–H groups in total. The minimum atomic E-state index is -0.416. The molecule has 4 rings (SSSR count). The molecule has 33 heavy (non-hydrogen) atoms. The molecule has 12 heteroatoms. The standard InChI is InChI=1S/C21H21N5O7/c1-29-12-6-5-11-16(15(33-19(11)18(12)28)9-26-24-21(22)23-25-26)17(27)10-7-13(30-2)20(32-4)14(8-10)31-3/h5-8,28H,9H2,1-4H3,(H2,22,24). The van der Waals surface area contributed by atoms with Gasteiger partial charge in [0.05, 0.1) is 34.0 Å². The number of phenols is 1. The number of aromatic nitrogens is 4. The third-order valence-corrected chi connectivity index (χ3v) is 5.00. The lowest BCUT2D eigenvalue weighted by Gasteiger charge is -2.13. The van der Waals surface area contributed by atoms with Crippen molar-refractivity contribution >= 4 is 22.7 Å². The Hall–Kier alpha value is -4.48. The van der Waals surface area contributed by atoms with Gasteiger partial charge in [-0.2, -0.15) is 4.80 Å². The van der Waals surface area contributed by atoms with E-state index >= 15 is 0 Å². The van der Waals surface area contributed by atoms with Crippen molar-refractivity contribution < 1.29 is 33.3 Å². The van der Waals surface area contributed by atoms with Crippen LogP contribution in [0.2, 0.25) is 0 Å². The number of hydrogen-bond acceptors (Lipinski definition) is 11. The molecule has 172 valence electrons. The Balaban J connectivity index is 1.92. The maximum absolute atomic E-state index is 13.7. The fourth-order valence-electron chi connectivity index (χ4n) is 3.51. The van der Waals surface area contributed by atoms with Gasteiger partial charge in [-0.1, -0.05) is 5.10 Å². The number of phenolic OH excluding ortho intramolecular Hbond substituents is 1. The average molecular weight is 455 g/mol. The molecule has 0 spiro atoms. The third-order valence-electron chi connectivity index (χ3n) is 5.00. The number of nitrogens with zero attached hydrogens (tertiary/aromatic N) is 4. The number of nitrogens with two attached hydrogens (primary N) is 1. The molecule has 0 bridgehead atoms. The number of rotatable bonds is 8. The molecular formula is C21H21N5O7. The fourth-order valence-corrected chi connectivity index (χ4v) is 3.51. The Morgan fingerprint density at radius 2 is 1.73 bits per heavy atom. The summed E-state index contributed by atoms with van der Waals surface area (Å²) in [4.78, 5) is 14.9. The van der Waals surface area contributed by atoms with E-state index in [2.05, 4.69) is 15.4 Å². The SMILES string of the molecule is COc1cc(C(=O)c2c(Cn3nnc(N)n3)oc3c(O)c(OC)ccc23)cc(OC)c1OC. The van der Waals surface area contributed by atoms with Gasteiger partial charge in [-0.25, -0.2) is 0 Å². The molecule has 0 amide bonds. The molecule has 0 aliphatic heterocycles. The Labute approximate surface area is 187 Å². The van der Waals surface area contributed by atoms with Crippen LogP contribution in [0.4, 0.5) is 5.95 Å². The quantitative estimate of drug-likeness (QED) is 0.375. The molecule has 0 aliphatic carbocycles. The number of carbonyl (C=O) groups excluding carboxylic acids is 1. The van der Waals surface area contributed by atoms with Crippen LogP contribution in [0.15, 0.2) is 28.7 Å². The monoisotopic (exact) mass is 455 g/mol. The van der Waals surface area contributed by atoms with Crippen LogP contribution in [0.25, 0.3) is 11.0 Å². The lowest BCUT2D eigenvalue weighted by Crippen LogP contribution is -2.10. The second kappa shape index (κ2) is 8.57. The molecule has 12 nitrogen and oxygen atoms in total. The highest BCUT2D eigenvalue weighted by molar-refractivity contribution is 6.18. The van der Waals surface area contributed by atoms with Gasteiger partial charge in [-0.15, -0.1) is 5.10 Å². The summed E-state index contributed by atoms with van der Waals surface area (Å²) in [5, 5.41) is 22.3. The summed E-state index contributed by atoms with van der Waals surface area (Å²) in [6.45, 7) is -0.0634. The molecule has 0 fully saturated rings. The number of ketones is 1. The zero-order valence-corrected chi connectivity index (χ0v) is 18.3. The number of fused-ring (bicyclic) bond motifs is 1. The van der Waals surface area contributed by atoms with Crippen molar-refractivity contribution in [2.75, 3.05) is 34.2 Å². The van der Waals surface area contributed by atoms with Crippen molar-refractivity contribution in [3.05, 3.63) is 41.2 Å². The van der Waals surface area contributed by atoms with Crippen molar-refractivity contribution in [3.63, 3.8) is 0 Å². The summed E-state index contributed by atoms with van der Waals surface area (Å²) < 4.78 is 27.1. The second-order valence-corrected chi connectivity index (χ2v) is 6.81. The maximum Gasteiger partial charge on any atom is 0.260 e. The molecule has 4 aromatic rings. The molecule has 0 aliphatic rings. The normalized spacial score (nSPS) is 10.9. The van der Waals surface area contributed by atoms with Crippen LogP contribution in [0, 0.1) is 0 Å². The highest BCUT2D eigenvalue weighted by atomic mass is 16.5. The smallest absolute Gasteiger partial charge is 0.260 e. The Morgan fingerprint density at radius 3 is 2.27 bits per heavy atom. The van der Waals surface area contributed by atoms with E-state index in [1.165, 1.54) is 51.4 Å². The number of carbonyl (C=O) groups is 1. The van der Waals surface area contributed by atoms with E-state index in [1.54, 1.807) is 6.07 Å². The first-order chi connectivity index (χ1) is 15.9. The van der Waals surface area contributed by atoms with Gasteiger partial charge < -0.3 is 34.2 Å². The predicted molar refractivity (Wildman–Crippen MR) is 115 cm³/mol. The Bertz CT molecular complexity index is 1320. The van der Waals surface area contributed by atoms with E-state index in [0.717, 1.165) is 0 Å². The van der Waals surface area contributed by atoms with Gasteiger partial charge in [-0.05, 0) is 29.5 Å². The van der Waals surface area contributed by atoms with Gasteiger partial charge in [0.1, 0.15) is 12.3 Å². The lowest BCUT2D eigenvalue weighted by atomic mass is 9.99. The van der Waals surface area contributed by atoms with Gasteiger partial charge in [0.25, 0.3) is 5.95 Å². The number of nitrogen functional groups attached to an aromatic ring is 1. The molecule has 0 unspecified atom stereocenters. The predicted octanol–water partition coefficient (Wildman–Crippen LogP) is 2.02. The number of aromatic hydroxyl groups is 1. The molecule has 0 saturated carbocycles. The van der Waals surface area contributed by atoms with Crippen LogP contribution >= 0.6 is 0 Å². The highest BCUT2D eigenvalue weighted by Gasteiger charge is 2.27. The molecule has 0 saturated heterocycles. The van der Waals surface area contributed by atoms with Crippen LogP contribution in [-0.2, 0) is 6.54 Å². The average Bonchev–Trinajstić information content (AvgIpc) is 3.41. The zero-order valence-electron chi connectivity index (χ0n) is 18.3. The van der Waals surface area contributed by atoms with Crippen LogP contribution < -0.4 is 24.7 Å².